The fourth-order valence-electron chi connectivity index (χ4n) is 2.82. The molecule has 0 unspecified atom stereocenters. The highest BCUT2D eigenvalue weighted by Crippen LogP contribution is 2.20. The summed E-state index contributed by atoms with van der Waals surface area (Å²) in [6, 6.07) is 0.830. The molecule has 4 rings (SSSR count). The van der Waals surface area contributed by atoms with Crippen LogP contribution in [-0.4, -0.2) is 52.3 Å². The maximum Gasteiger partial charge on any atom is 0.337 e. The van der Waals surface area contributed by atoms with Crippen LogP contribution in [0.2, 0.25) is 0 Å². The van der Waals surface area contributed by atoms with Gasteiger partial charge in [-0.05, 0) is 72.6 Å². The highest BCUT2D eigenvalue weighted by Gasteiger charge is 2.11. The van der Waals surface area contributed by atoms with E-state index in [2.05, 4.69) is 28.6 Å². The van der Waals surface area contributed by atoms with Gasteiger partial charge in [-0.25, -0.2) is 46.4 Å². The number of carbonyl (C=O) groups excluding carboxylic acids is 4. The zero-order valence-corrected chi connectivity index (χ0v) is 26.2. The number of hydrogen-bond acceptors (Lipinski definition) is 10. The molecule has 0 aliphatic heterocycles. The van der Waals surface area contributed by atoms with Crippen molar-refractivity contribution < 1.29 is 65.3 Å². The van der Waals surface area contributed by atoms with Crippen molar-refractivity contribution in [3.8, 4) is 0 Å². The number of carbonyl (C=O) groups is 4. The highest BCUT2D eigenvalue weighted by molar-refractivity contribution is 5.92. The van der Waals surface area contributed by atoms with Crippen molar-refractivity contribution in [2.75, 3.05) is 39.9 Å². The predicted molar refractivity (Wildman–Crippen MR) is 172 cm³/mol. The Hall–Kier alpha value is -6.94. The zero-order valence-electron chi connectivity index (χ0n) is 33.2. The summed E-state index contributed by atoms with van der Waals surface area (Å²) in [5.74, 6) is -7.02. The number of benzene rings is 4. The predicted octanol–water partition coefficient (Wildman–Crippen LogP) is 6.72. The van der Waals surface area contributed by atoms with E-state index >= 15 is 0 Å². The van der Waals surface area contributed by atoms with Crippen LogP contribution in [0.5, 0.6) is 0 Å². The minimum Gasteiger partial charge on any atom is -0.465 e. The van der Waals surface area contributed by atoms with Gasteiger partial charge in [0.2, 0.25) is 11.4 Å². The Kier molecular flexibility index (Phi) is 12.4. The number of ether oxygens (including phenoxy) is 4. The molecule has 0 amide bonds. The first-order chi connectivity index (χ1) is 26.6. The average molecular weight is 704 g/mol. The number of methoxy groups -OCH3 is 4. The third-order valence-electron chi connectivity index (χ3n) is 5.23. The maximum absolute atomic E-state index is 13.3. The topological polar surface area (TPSA) is 166 Å². The van der Waals surface area contributed by atoms with Crippen LogP contribution in [0.25, 0.3) is 9.69 Å². The minimum absolute atomic E-state index is 0.0575. The van der Waals surface area contributed by atoms with Crippen LogP contribution >= 0.6 is 0 Å². The van der Waals surface area contributed by atoms with E-state index in [0.717, 1.165) is 39.5 Å². The number of nitrogen functional groups attached to an aromatic ring is 2. The number of anilines is 2. The van der Waals surface area contributed by atoms with Gasteiger partial charge in [-0.15, -0.1) is 0 Å². The van der Waals surface area contributed by atoms with E-state index in [0.29, 0.717) is 0 Å². The molecule has 4 aromatic carbocycles. The third kappa shape index (κ3) is 12.3. The molecule has 0 bridgehead atoms. The van der Waals surface area contributed by atoms with Crippen LogP contribution in [-0.2, 0) is 18.9 Å². The van der Waals surface area contributed by atoms with Crippen molar-refractivity contribution in [2.24, 2.45) is 0 Å². The molecule has 4 N–H and O–H groups in total. The van der Waals surface area contributed by atoms with Gasteiger partial charge in [0.1, 0.15) is 23.3 Å². The number of esters is 4. The SMILES string of the molecule is COC(=O)c1ccc(F)c(N)c1.[2H]c1c([2H])c(C(=O)OC)c([2H])c([N+]#[C-])c1F.[2H]c1cc(F)c(N)c([2H])c1C(=O)OC.[2H]c1cc(F)c([N+]#[C-])c([2H])c1C(=O)OC. The molecule has 0 aliphatic carbocycles. The second-order valence-corrected chi connectivity index (χ2v) is 8.37. The summed E-state index contributed by atoms with van der Waals surface area (Å²) < 4.78 is 120. The number of nitrogens with two attached hydrogens (primary N) is 2. The molecule has 0 heterocycles. The molecule has 0 aliphatic rings. The number of nitrogens with zero attached hydrogens (tertiary/aromatic N) is 2. The molecular weight excluding hydrogens is 668 g/mol. The molecule has 12 nitrogen and oxygen atoms in total. The van der Waals surface area contributed by atoms with Crippen LogP contribution in [0, 0.1) is 36.4 Å². The monoisotopic (exact) mass is 703 g/mol. The first-order valence-corrected chi connectivity index (χ1v) is 12.9. The lowest BCUT2D eigenvalue weighted by molar-refractivity contribution is 0.0592. The Morgan fingerprint density at radius 3 is 1.42 bits per heavy atom. The van der Waals surface area contributed by atoms with Gasteiger partial charge in [0.15, 0.2) is 0 Å². The summed E-state index contributed by atoms with van der Waals surface area (Å²) >= 11 is 0. The van der Waals surface area contributed by atoms with Crippen molar-refractivity contribution in [1.82, 2.24) is 0 Å². The largest absolute Gasteiger partial charge is 0.465 e. The highest BCUT2D eigenvalue weighted by atomic mass is 19.1. The lowest BCUT2D eigenvalue weighted by Gasteiger charge is -2.00. The van der Waals surface area contributed by atoms with Crippen molar-refractivity contribution >= 4 is 46.6 Å². The molecule has 0 atom stereocenters. The zero-order chi connectivity index (χ0) is 44.1. The fraction of sp³-hybridized carbons (Fsp3) is 0.118. The fourth-order valence-corrected chi connectivity index (χ4v) is 2.82. The van der Waals surface area contributed by atoms with E-state index in [1.807, 2.05) is 0 Å². The molecular formula is C34H28F4N4O8. The molecule has 0 saturated heterocycles. The summed E-state index contributed by atoms with van der Waals surface area (Å²) in [6.45, 7) is 13.3. The van der Waals surface area contributed by atoms with Gasteiger partial charge in [0, 0.05) is 13.9 Å². The van der Waals surface area contributed by atoms with Crippen LogP contribution in [0.15, 0.2) is 72.6 Å². The quantitative estimate of drug-likeness (QED) is 0.0767. The van der Waals surface area contributed by atoms with E-state index in [1.165, 1.54) is 19.2 Å². The van der Waals surface area contributed by atoms with E-state index in [1.54, 1.807) is 0 Å². The van der Waals surface area contributed by atoms with Crippen LogP contribution in [0.1, 0.15) is 51.0 Å². The van der Waals surface area contributed by atoms with E-state index < -0.39 is 118 Å². The van der Waals surface area contributed by atoms with Crippen molar-refractivity contribution in [3.05, 3.63) is 141 Å². The number of rotatable bonds is 4. The second-order valence-electron chi connectivity index (χ2n) is 8.37. The van der Waals surface area contributed by atoms with Gasteiger partial charge in [-0.3, -0.25) is 0 Å². The Balaban J connectivity index is 0.000000382. The normalized spacial score (nSPS) is 11.2. The molecule has 50 heavy (non-hydrogen) atoms. The van der Waals surface area contributed by atoms with Crippen LogP contribution in [0.3, 0.4) is 0 Å². The lowest BCUT2D eigenvalue weighted by Crippen LogP contribution is -2.02. The van der Waals surface area contributed by atoms with Gasteiger partial charge in [0.05, 0.1) is 70.9 Å². The minimum atomic E-state index is -1.27. The molecule has 4 aromatic rings. The van der Waals surface area contributed by atoms with Gasteiger partial charge < -0.3 is 30.4 Å². The summed E-state index contributed by atoms with van der Waals surface area (Å²) in [4.78, 5) is 49.8. The summed E-state index contributed by atoms with van der Waals surface area (Å²) in [7, 11) is 4.48. The summed E-state index contributed by atoms with van der Waals surface area (Å²) in [5, 5.41) is 0. The van der Waals surface area contributed by atoms with Crippen molar-refractivity contribution in [1.29, 1.82) is 0 Å². The van der Waals surface area contributed by atoms with Crippen LogP contribution in [0.4, 0.5) is 40.3 Å². The number of hydrogen-bond donors (Lipinski definition) is 2. The first-order valence-electron chi connectivity index (χ1n) is 16.4. The van der Waals surface area contributed by atoms with Crippen molar-refractivity contribution in [2.45, 2.75) is 0 Å². The van der Waals surface area contributed by atoms with Crippen LogP contribution < -0.4 is 11.5 Å². The smallest absolute Gasteiger partial charge is 0.337 e. The van der Waals surface area contributed by atoms with Gasteiger partial charge in [0.25, 0.3) is 0 Å². The standard InChI is InChI=1S/2C9H6FNO2.2C8H8FNO2/c2*1-11-8-5-6(9(12)13-2)3-4-7(8)10;2*1-12-8(11)5-2-3-6(9)7(10)4-5/h2*3-5H,2H3;2*2-4H,10H2,1H3/i3D,4D,5D;3D,5D;2D,4D;. The first kappa shape index (κ1) is 30.4. The molecule has 0 saturated carbocycles. The summed E-state index contributed by atoms with van der Waals surface area (Å²) in [5.41, 5.74) is 7.53. The Labute approximate surface area is 293 Å². The van der Waals surface area contributed by atoms with Gasteiger partial charge in [-0.1, -0.05) is 0 Å². The van der Waals surface area contributed by atoms with Gasteiger partial charge in [-0.2, -0.15) is 0 Å². The average Bonchev–Trinajstić information content (AvgIpc) is 3.17. The molecule has 0 spiro atoms. The molecule has 0 radical (unpaired) electrons. The Bertz CT molecular complexity index is 2320. The molecule has 0 fully saturated rings. The third-order valence-corrected chi connectivity index (χ3v) is 5.23. The lowest BCUT2D eigenvalue weighted by atomic mass is 10.2. The Morgan fingerprint density at radius 2 is 0.960 bits per heavy atom. The molecule has 260 valence electrons. The van der Waals surface area contributed by atoms with E-state index in [-0.39, 0.29) is 16.8 Å². The van der Waals surface area contributed by atoms with Gasteiger partial charge >= 0.3 is 23.9 Å². The maximum atomic E-state index is 13.3. The second kappa shape index (κ2) is 20.3. The van der Waals surface area contributed by atoms with E-state index in [9.17, 15) is 36.7 Å². The molecule has 0 aromatic heterocycles. The van der Waals surface area contributed by atoms with E-state index in [4.69, 9.17) is 34.2 Å². The Morgan fingerprint density at radius 1 is 0.560 bits per heavy atom. The summed E-state index contributed by atoms with van der Waals surface area (Å²) in [6.07, 6.45) is 0. The van der Waals surface area contributed by atoms with Crippen molar-refractivity contribution in [3.63, 3.8) is 0 Å². The number of halogens is 4. The molecule has 16 heteroatoms.